The lowest BCUT2D eigenvalue weighted by Gasteiger charge is -2.41. The number of ether oxygens (including phenoxy) is 2. The molecule has 3 rings (SSSR count). The van der Waals surface area contributed by atoms with Crippen molar-refractivity contribution in [1.29, 1.82) is 0 Å². The number of aromatic amines is 1. The number of H-pyrrole nitrogens is 1. The van der Waals surface area contributed by atoms with Gasteiger partial charge in [-0.3, -0.25) is 18.9 Å². The van der Waals surface area contributed by atoms with Crippen molar-refractivity contribution in [1.82, 2.24) is 14.5 Å². The third-order valence-corrected chi connectivity index (χ3v) is 9.51. The molecule has 39 heavy (non-hydrogen) atoms. The Kier molecular flexibility index (Phi) is 10.8. The van der Waals surface area contributed by atoms with Crippen LogP contribution in [-0.2, 0) is 39.2 Å². The average Bonchev–Trinajstić information content (AvgIpc) is 3.26. The normalized spacial score (nSPS) is 35.4. The van der Waals surface area contributed by atoms with Gasteiger partial charge in [0.05, 0.1) is 25.4 Å². The molecule has 2 fully saturated rings. The molecule has 0 aliphatic carbocycles. The molecule has 21 heteroatoms. The number of rotatable bonds is 11. The predicted molar refractivity (Wildman–Crippen MR) is 132 cm³/mol. The third-order valence-electron chi connectivity index (χ3n) is 5.99. The molecule has 3 heterocycles. The van der Waals surface area contributed by atoms with Gasteiger partial charge in [-0.05, 0) is 32.3 Å². The molecule has 0 bridgehead atoms. The molecule has 1 aromatic heterocycles. The molecule has 2 aliphatic heterocycles. The van der Waals surface area contributed by atoms with Gasteiger partial charge < -0.3 is 54.2 Å². The molecule has 1 aromatic rings. The van der Waals surface area contributed by atoms with Crippen molar-refractivity contribution in [2.75, 3.05) is 27.3 Å². The number of aliphatic hydroxyl groups excluding tert-OH is 5. The van der Waals surface area contributed by atoms with E-state index in [2.05, 4.69) is 13.8 Å². The van der Waals surface area contributed by atoms with E-state index in [1.165, 1.54) is 6.20 Å². The van der Waals surface area contributed by atoms with Crippen LogP contribution >= 0.6 is 14.5 Å². The highest BCUT2D eigenvalue weighted by Crippen LogP contribution is 2.61. The standard InChI is InChI=1S/C18H31N3O15P2S/c1-20(2)9-5-8(33-16(9)21-4-3-11(24)19-18(21)28)7-32-38(31,39)36-37(29,30)35-17-14(27)12(25)13(26)15(34-17)10(23)6-22/h3-4,8-10,12-17,22-23,25-27H,5-7H2,1-2H3,(H,29,30)(H,31,39)(H,19,24,28)/t8-,9+,10-,12?,13?,14?,15?,16+,17?,38?/m0/s1. The van der Waals surface area contributed by atoms with Gasteiger partial charge >= 0.3 is 20.2 Å². The summed E-state index contributed by atoms with van der Waals surface area (Å²) in [6.07, 6.45) is -11.8. The maximum atomic E-state index is 12.5. The summed E-state index contributed by atoms with van der Waals surface area (Å²) in [5, 5.41) is 48.7. The Labute approximate surface area is 225 Å². The average molecular weight is 623 g/mol. The molecule has 2 aliphatic rings. The van der Waals surface area contributed by atoms with Crippen LogP contribution in [0.3, 0.4) is 0 Å². The Morgan fingerprint density at radius 1 is 1.21 bits per heavy atom. The number of likely N-dealkylation sites (N-methyl/N-ethyl adjacent to an activating group) is 1. The van der Waals surface area contributed by atoms with Crippen molar-refractivity contribution < 1.29 is 62.7 Å². The lowest BCUT2D eigenvalue weighted by atomic mass is 9.96. The fourth-order valence-electron chi connectivity index (χ4n) is 4.05. The van der Waals surface area contributed by atoms with Gasteiger partial charge in [0, 0.05) is 12.3 Å². The smallest absolute Gasteiger partial charge is 0.394 e. The van der Waals surface area contributed by atoms with Crippen LogP contribution in [0.5, 0.6) is 0 Å². The molecule has 8 N–H and O–H groups in total. The number of phosphoric acid groups is 1. The first kappa shape index (κ1) is 32.6. The van der Waals surface area contributed by atoms with Crippen LogP contribution < -0.4 is 11.2 Å². The van der Waals surface area contributed by atoms with Crippen LogP contribution in [0.15, 0.2) is 21.9 Å². The zero-order valence-corrected chi connectivity index (χ0v) is 23.2. The van der Waals surface area contributed by atoms with E-state index in [0.29, 0.717) is 0 Å². The summed E-state index contributed by atoms with van der Waals surface area (Å²) in [5.74, 6) is 0. The lowest BCUT2D eigenvalue weighted by molar-refractivity contribution is -0.292. The fourth-order valence-corrected chi connectivity index (χ4v) is 7.16. The monoisotopic (exact) mass is 623 g/mol. The summed E-state index contributed by atoms with van der Waals surface area (Å²) < 4.78 is 38.9. The Morgan fingerprint density at radius 3 is 2.46 bits per heavy atom. The fraction of sp³-hybridized carbons (Fsp3) is 0.778. The summed E-state index contributed by atoms with van der Waals surface area (Å²) in [4.78, 5) is 47.9. The van der Waals surface area contributed by atoms with E-state index < -0.39 is 88.1 Å². The van der Waals surface area contributed by atoms with E-state index in [9.17, 15) is 44.4 Å². The van der Waals surface area contributed by atoms with E-state index in [1.807, 2.05) is 0 Å². The van der Waals surface area contributed by atoms with Crippen LogP contribution in [0.25, 0.3) is 0 Å². The van der Waals surface area contributed by atoms with Crippen LogP contribution in [0.4, 0.5) is 0 Å². The van der Waals surface area contributed by atoms with Crippen molar-refractivity contribution in [3.8, 4) is 0 Å². The second-order valence-corrected chi connectivity index (χ2v) is 13.4. The first-order valence-electron chi connectivity index (χ1n) is 11.4. The van der Waals surface area contributed by atoms with Gasteiger partial charge in [0.1, 0.15) is 30.5 Å². The third kappa shape index (κ3) is 8.08. The van der Waals surface area contributed by atoms with Crippen molar-refractivity contribution in [3.63, 3.8) is 0 Å². The SMILES string of the molecule is CN(C)[C@@H]1C[C@@H](COP(O)(=S)OP(=O)(O)OC2OC([C@@H](O)CO)C(O)C(O)C2O)O[C@H]1n1ccc(=O)[nH]c1=O. The molecule has 0 amide bonds. The van der Waals surface area contributed by atoms with Crippen molar-refractivity contribution >= 4 is 26.3 Å². The van der Waals surface area contributed by atoms with E-state index in [0.717, 1.165) is 10.6 Å². The minimum atomic E-state index is -5.37. The molecule has 0 radical (unpaired) electrons. The first-order chi connectivity index (χ1) is 18.0. The van der Waals surface area contributed by atoms with Crippen LogP contribution in [-0.4, -0.2) is 126 Å². The molecule has 0 spiro atoms. The number of aromatic nitrogens is 2. The van der Waals surface area contributed by atoms with Gasteiger partial charge in [0.2, 0.25) is 0 Å². The van der Waals surface area contributed by atoms with Crippen LogP contribution in [0.1, 0.15) is 12.6 Å². The van der Waals surface area contributed by atoms with E-state index in [-0.39, 0.29) is 12.5 Å². The predicted octanol–water partition coefficient (Wildman–Crippen LogP) is -3.72. The van der Waals surface area contributed by atoms with Gasteiger partial charge in [-0.25, -0.2) is 13.7 Å². The van der Waals surface area contributed by atoms with Crippen LogP contribution in [0, 0.1) is 0 Å². The summed E-state index contributed by atoms with van der Waals surface area (Å²) in [6, 6.07) is 0.752. The first-order valence-corrected chi connectivity index (χ1v) is 15.5. The summed E-state index contributed by atoms with van der Waals surface area (Å²) in [7, 11) is -1.92. The van der Waals surface area contributed by atoms with Gasteiger partial charge in [-0.2, -0.15) is 0 Å². The van der Waals surface area contributed by atoms with Gasteiger partial charge in [0.15, 0.2) is 12.5 Å². The van der Waals surface area contributed by atoms with E-state index >= 15 is 0 Å². The molecule has 11 atom stereocenters. The number of hydrogen-bond acceptors (Lipinski definition) is 15. The largest absolute Gasteiger partial charge is 0.481 e. The topological polar surface area (TPSA) is 263 Å². The molecular formula is C18H31N3O15P2S. The number of phosphoric ester groups is 1. The molecule has 224 valence electrons. The highest BCUT2D eigenvalue weighted by molar-refractivity contribution is 8.08. The molecule has 0 saturated carbocycles. The Morgan fingerprint density at radius 2 is 1.87 bits per heavy atom. The molecule has 7 unspecified atom stereocenters. The zero-order valence-electron chi connectivity index (χ0n) is 20.6. The molecule has 2 saturated heterocycles. The van der Waals surface area contributed by atoms with Crippen LogP contribution in [0.2, 0.25) is 0 Å². The maximum absolute atomic E-state index is 12.5. The maximum Gasteiger partial charge on any atom is 0.481 e. The summed E-state index contributed by atoms with van der Waals surface area (Å²) in [6.45, 7) is -5.90. The second-order valence-electron chi connectivity index (χ2n) is 9.04. The number of hydrogen-bond donors (Lipinski definition) is 8. The minimum Gasteiger partial charge on any atom is -0.394 e. The summed E-state index contributed by atoms with van der Waals surface area (Å²) in [5.41, 5.74) is -1.31. The molecule has 18 nitrogen and oxygen atoms in total. The highest BCUT2D eigenvalue weighted by Gasteiger charge is 2.50. The second kappa shape index (κ2) is 12.9. The molecular weight excluding hydrogens is 592 g/mol. The Hall–Kier alpha value is -0.960. The summed E-state index contributed by atoms with van der Waals surface area (Å²) >= 11 is 4.77. The lowest BCUT2D eigenvalue weighted by Crippen LogP contribution is -2.61. The van der Waals surface area contributed by atoms with Gasteiger partial charge in [0.25, 0.3) is 5.56 Å². The van der Waals surface area contributed by atoms with Gasteiger partial charge in [-0.15, -0.1) is 0 Å². The zero-order chi connectivity index (χ0) is 29.3. The van der Waals surface area contributed by atoms with Crippen molar-refractivity contribution in [3.05, 3.63) is 33.1 Å². The minimum absolute atomic E-state index is 0.253. The molecule has 0 aromatic carbocycles. The Bertz CT molecular complexity index is 1200. The Balaban J connectivity index is 1.63. The number of nitrogens with zero attached hydrogens (tertiary/aromatic N) is 2. The van der Waals surface area contributed by atoms with Crippen molar-refractivity contribution in [2.45, 2.75) is 61.6 Å². The van der Waals surface area contributed by atoms with Gasteiger partial charge in [-0.1, -0.05) is 0 Å². The van der Waals surface area contributed by atoms with E-state index in [1.54, 1.807) is 19.0 Å². The number of nitrogens with one attached hydrogen (secondary N) is 1. The van der Waals surface area contributed by atoms with Crippen molar-refractivity contribution in [2.24, 2.45) is 0 Å². The highest BCUT2D eigenvalue weighted by atomic mass is 32.5. The number of aliphatic hydroxyl groups is 5. The van der Waals surface area contributed by atoms with E-state index in [4.69, 9.17) is 30.9 Å². The quantitative estimate of drug-likeness (QED) is 0.110.